The molecule has 0 radical (unpaired) electrons. The number of hydrogen-bond donors (Lipinski definition) is 1. The smallest absolute Gasteiger partial charge is 0.399 e. The van der Waals surface area contributed by atoms with E-state index < -0.39 is 7.12 Å². The average molecular weight is 290 g/mol. The van der Waals surface area contributed by atoms with Gasteiger partial charge in [0, 0.05) is 18.6 Å². The molecule has 0 bridgehead atoms. The first kappa shape index (κ1) is 16.2. The highest BCUT2D eigenvalue weighted by atomic mass is 16.7. The highest BCUT2D eigenvalue weighted by Gasteiger charge is 2.51. The first-order valence-corrected chi connectivity index (χ1v) is 7.36. The molecule has 0 unspecified atom stereocenters. The summed E-state index contributed by atoms with van der Waals surface area (Å²) in [6.07, 6.45) is 0.865. The number of rotatable bonds is 5. The Morgan fingerprint density at radius 2 is 1.62 bits per heavy atom. The molecule has 1 aliphatic heterocycles. The van der Waals surface area contributed by atoms with Gasteiger partial charge in [0.15, 0.2) is 5.78 Å². The van der Waals surface area contributed by atoms with Gasteiger partial charge in [-0.2, -0.15) is 0 Å². The van der Waals surface area contributed by atoms with Crippen molar-refractivity contribution in [3.05, 3.63) is 29.8 Å². The average Bonchev–Trinajstić information content (AvgIpc) is 2.65. The third kappa shape index (κ3) is 3.36. The Morgan fingerprint density at radius 1 is 1.10 bits per heavy atom. The predicted molar refractivity (Wildman–Crippen MR) is 82.8 cm³/mol. The van der Waals surface area contributed by atoms with E-state index in [1.807, 2.05) is 39.8 Å². The van der Waals surface area contributed by atoms with Crippen molar-refractivity contribution in [2.75, 3.05) is 6.61 Å². The van der Waals surface area contributed by atoms with Gasteiger partial charge in [-0.15, -0.1) is 0 Å². The zero-order valence-corrected chi connectivity index (χ0v) is 13.2. The first-order valence-electron chi connectivity index (χ1n) is 7.36. The van der Waals surface area contributed by atoms with Crippen LogP contribution < -0.4 is 5.46 Å². The topological polar surface area (TPSA) is 55.8 Å². The number of aliphatic hydroxyl groups is 1. The highest BCUT2D eigenvalue weighted by Crippen LogP contribution is 2.36. The number of Topliss-reactive ketones (excluding diaryl/α,β-unsaturated/α-hetero) is 1. The van der Waals surface area contributed by atoms with E-state index in [0.717, 1.165) is 5.46 Å². The van der Waals surface area contributed by atoms with E-state index in [4.69, 9.17) is 14.4 Å². The molecule has 0 amide bonds. The summed E-state index contributed by atoms with van der Waals surface area (Å²) < 4.78 is 12.0. The van der Waals surface area contributed by atoms with Crippen LogP contribution in [0.3, 0.4) is 0 Å². The summed E-state index contributed by atoms with van der Waals surface area (Å²) in [6.45, 7) is 8.09. The van der Waals surface area contributed by atoms with E-state index in [9.17, 15) is 4.79 Å². The van der Waals surface area contributed by atoms with Crippen LogP contribution in [0, 0.1) is 0 Å². The lowest BCUT2D eigenvalue weighted by Gasteiger charge is -2.32. The Bertz CT molecular complexity index is 492. The number of hydrogen-bond acceptors (Lipinski definition) is 4. The van der Waals surface area contributed by atoms with Crippen molar-refractivity contribution < 1.29 is 19.2 Å². The van der Waals surface area contributed by atoms with E-state index in [2.05, 4.69) is 0 Å². The lowest BCUT2D eigenvalue weighted by atomic mass is 9.78. The molecule has 0 atom stereocenters. The van der Waals surface area contributed by atoms with Crippen LogP contribution in [0.15, 0.2) is 24.3 Å². The van der Waals surface area contributed by atoms with Crippen molar-refractivity contribution in [1.82, 2.24) is 0 Å². The summed E-state index contributed by atoms with van der Waals surface area (Å²) in [5.41, 5.74) is 0.830. The second kappa shape index (κ2) is 5.91. The Hall–Kier alpha value is -1.17. The summed E-state index contributed by atoms with van der Waals surface area (Å²) in [7, 11) is -0.406. The van der Waals surface area contributed by atoms with Gasteiger partial charge in [0.2, 0.25) is 0 Å². The number of benzene rings is 1. The van der Waals surface area contributed by atoms with E-state index in [1.54, 1.807) is 12.1 Å². The fourth-order valence-corrected chi connectivity index (χ4v) is 2.19. The minimum Gasteiger partial charge on any atom is -0.399 e. The van der Waals surface area contributed by atoms with Gasteiger partial charge in [0.25, 0.3) is 0 Å². The van der Waals surface area contributed by atoms with E-state index >= 15 is 0 Å². The molecule has 114 valence electrons. The number of ketones is 1. The second-order valence-electron chi connectivity index (χ2n) is 6.46. The molecule has 1 aliphatic rings. The summed E-state index contributed by atoms with van der Waals surface area (Å²) in [4.78, 5) is 11.9. The molecule has 0 saturated carbocycles. The standard InChI is InChI=1S/C16H23BO4/c1-15(2)16(3,4)21-17(20-15)13-9-7-12(8-10-13)14(19)6-5-11-18/h7-10,18H,5-6,11H2,1-4H3. The molecule has 0 aliphatic carbocycles. The van der Waals surface area contributed by atoms with Gasteiger partial charge in [-0.3, -0.25) is 4.79 Å². The number of carbonyl (C=O) groups excluding carboxylic acids is 1. The summed E-state index contributed by atoms with van der Waals surface area (Å²) in [5.74, 6) is 0.0459. The molecule has 1 heterocycles. The molecule has 0 spiro atoms. The lowest BCUT2D eigenvalue weighted by Crippen LogP contribution is -2.41. The minimum atomic E-state index is -0.406. The van der Waals surface area contributed by atoms with Crippen molar-refractivity contribution in [2.24, 2.45) is 0 Å². The molecule has 1 saturated heterocycles. The van der Waals surface area contributed by atoms with Crippen LogP contribution in [0.5, 0.6) is 0 Å². The van der Waals surface area contributed by atoms with Crippen molar-refractivity contribution in [3.63, 3.8) is 0 Å². The minimum absolute atomic E-state index is 0.0394. The van der Waals surface area contributed by atoms with Crippen LogP contribution in [-0.4, -0.2) is 35.8 Å². The summed E-state index contributed by atoms with van der Waals surface area (Å²) >= 11 is 0. The maximum absolute atomic E-state index is 11.9. The van der Waals surface area contributed by atoms with Gasteiger partial charge in [0.05, 0.1) is 11.2 Å². The SMILES string of the molecule is CC1(C)OB(c2ccc(C(=O)CCCO)cc2)OC1(C)C. The largest absolute Gasteiger partial charge is 0.494 e. The molecule has 2 rings (SSSR count). The second-order valence-corrected chi connectivity index (χ2v) is 6.46. The van der Waals surface area contributed by atoms with E-state index in [1.165, 1.54) is 0 Å². The normalized spacial score (nSPS) is 19.8. The highest BCUT2D eigenvalue weighted by molar-refractivity contribution is 6.62. The maximum Gasteiger partial charge on any atom is 0.494 e. The van der Waals surface area contributed by atoms with Crippen molar-refractivity contribution in [2.45, 2.75) is 51.7 Å². The number of aliphatic hydroxyl groups excluding tert-OH is 1. The third-order valence-electron chi connectivity index (χ3n) is 4.32. The lowest BCUT2D eigenvalue weighted by molar-refractivity contribution is 0.00578. The summed E-state index contributed by atoms with van der Waals surface area (Å²) in [5, 5.41) is 8.76. The molecular formula is C16H23BO4. The maximum atomic E-state index is 11.9. The van der Waals surface area contributed by atoms with Crippen LogP contribution in [-0.2, 0) is 9.31 Å². The van der Waals surface area contributed by atoms with Crippen molar-refractivity contribution in [3.8, 4) is 0 Å². The van der Waals surface area contributed by atoms with Gasteiger partial charge in [-0.1, -0.05) is 24.3 Å². The Labute approximate surface area is 126 Å². The quantitative estimate of drug-likeness (QED) is 0.665. The molecule has 0 aromatic heterocycles. The van der Waals surface area contributed by atoms with Crippen LogP contribution in [0.25, 0.3) is 0 Å². The van der Waals surface area contributed by atoms with Crippen LogP contribution in [0.1, 0.15) is 50.9 Å². The van der Waals surface area contributed by atoms with Crippen LogP contribution >= 0.6 is 0 Å². The molecule has 1 N–H and O–H groups in total. The Kier molecular flexibility index (Phi) is 4.56. The van der Waals surface area contributed by atoms with Gasteiger partial charge < -0.3 is 14.4 Å². The number of carbonyl (C=O) groups is 1. The third-order valence-corrected chi connectivity index (χ3v) is 4.32. The van der Waals surface area contributed by atoms with Gasteiger partial charge in [0.1, 0.15) is 0 Å². The zero-order valence-electron chi connectivity index (χ0n) is 13.2. The van der Waals surface area contributed by atoms with Gasteiger partial charge in [-0.25, -0.2) is 0 Å². The van der Waals surface area contributed by atoms with E-state index in [-0.39, 0.29) is 23.6 Å². The van der Waals surface area contributed by atoms with Crippen LogP contribution in [0.4, 0.5) is 0 Å². The molecule has 21 heavy (non-hydrogen) atoms. The van der Waals surface area contributed by atoms with Crippen molar-refractivity contribution >= 4 is 18.4 Å². The zero-order chi connectivity index (χ0) is 15.7. The fraction of sp³-hybridized carbons (Fsp3) is 0.562. The van der Waals surface area contributed by atoms with Gasteiger partial charge >= 0.3 is 7.12 Å². The molecular weight excluding hydrogens is 267 g/mol. The Morgan fingerprint density at radius 3 is 2.10 bits per heavy atom. The molecule has 1 aromatic rings. The van der Waals surface area contributed by atoms with Crippen LogP contribution in [0.2, 0.25) is 0 Å². The predicted octanol–water partition coefficient (Wildman–Crippen LogP) is 1.94. The van der Waals surface area contributed by atoms with E-state index in [0.29, 0.717) is 18.4 Å². The first-order chi connectivity index (χ1) is 9.77. The molecule has 1 aromatic carbocycles. The molecule has 1 fully saturated rings. The Balaban J connectivity index is 2.09. The monoisotopic (exact) mass is 290 g/mol. The fourth-order valence-electron chi connectivity index (χ4n) is 2.19. The molecule has 4 nitrogen and oxygen atoms in total. The van der Waals surface area contributed by atoms with Crippen molar-refractivity contribution in [1.29, 1.82) is 0 Å². The van der Waals surface area contributed by atoms with Gasteiger partial charge in [-0.05, 0) is 39.6 Å². The summed E-state index contributed by atoms with van der Waals surface area (Å²) in [6, 6.07) is 7.32. The molecule has 5 heteroatoms.